The molecule has 0 radical (unpaired) electrons. The van der Waals surface area contributed by atoms with Crippen molar-refractivity contribution in [3.63, 3.8) is 0 Å². The first-order chi connectivity index (χ1) is 16.1. The van der Waals surface area contributed by atoms with E-state index in [0.29, 0.717) is 21.4 Å². The van der Waals surface area contributed by atoms with Gasteiger partial charge in [-0.2, -0.15) is 0 Å². The van der Waals surface area contributed by atoms with Crippen LogP contribution in [0.2, 0.25) is 0 Å². The third-order valence-electron chi connectivity index (χ3n) is 5.28. The molecule has 0 unspecified atom stereocenters. The van der Waals surface area contributed by atoms with Gasteiger partial charge in [-0.1, -0.05) is 23.9 Å². The number of amidine groups is 1. The second kappa shape index (κ2) is 8.96. The Bertz CT molecular complexity index is 1270. The number of aliphatic imine (C=N–C) groups is 1. The second-order valence-corrected chi connectivity index (χ2v) is 9.27. The summed E-state index contributed by atoms with van der Waals surface area (Å²) in [4.78, 5) is 23.9. The molecule has 0 aliphatic carbocycles. The molecule has 5 rings (SSSR count). The number of methoxy groups -OCH3 is 1. The minimum atomic E-state index is -0.357. The Labute approximate surface area is 200 Å². The molecule has 3 aromatic carbocycles. The normalized spacial score (nSPS) is 18.9. The first kappa shape index (κ1) is 21.6. The minimum absolute atomic E-state index is 0.173. The number of halogens is 1. The van der Waals surface area contributed by atoms with E-state index in [0.717, 1.165) is 27.9 Å². The van der Waals surface area contributed by atoms with Crippen LogP contribution >= 0.6 is 23.5 Å². The van der Waals surface area contributed by atoms with E-state index in [9.17, 15) is 9.18 Å². The molecule has 0 bridgehead atoms. The zero-order valence-electron chi connectivity index (χ0n) is 18.0. The molecule has 1 amide bonds. The van der Waals surface area contributed by atoms with Crippen molar-refractivity contribution in [2.45, 2.75) is 11.8 Å². The summed E-state index contributed by atoms with van der Waals surface area (Å²) in [6, 6.07) is 21.3. The molecule has 8 heteroatoms. The molecular weight excluding hydrogens is 457 g/mol. The van der Waals surface area contributed by atoms with Crippen LogP contribution in [0.5, 0.6) is 5.75 Å². The highest BCUT2D eigenvalue weighted by Crippen LogP contribution is 2.51. The molecule has 0 aromatic heterocycles. The van der Waals surface area contributed by atoms with Gasteiger partial charge in [0.15, 0.2) is 5.17 Å². The van der Waals surface area contributed by atoms with Crippen molar-refractivity contribution >= 4 is 51.7 Å². The van der Waals surface area contributed by atoms with Crippen LogP contribution in [0, 0.1) is 5.82 Å². The van der Waals surface area contributed by atoms with Crippen molar-refractivity contribution < 1.29 is 13.9 Å². The number of carbonyl (C=O) groups is 1. The maximum absolute atomic E-state index is 13.7. The number of amides is 1. The zero-order valence-corrected chi connectivity index (χ0v) is 19.6. The third-order valence-corrected chi connectivity index (χ3v) is 7.62. The molecule has 166 valence electrons. The average molecular weight is 478 g/mol. The van der Waals surface area contributed by atoms with Gasteiger partial charge >= 0.3 is 0 Å². The van der Waals surface area contributed by atoms with Gasteiger partial charge in [-0.15, -0.1) is 0 Å². The van der Waals surface area contributed by atoms with Crippen LogP contribution in [-0.4, -0.2) is 24.7 Å². The number of fused-ring (bicyclic) bond motifs is 1. The van der Waals surface area contributed by atoms with Crippen molar-refractivity contribution in [2.24, 2.45) is 4.99 Å². The molecule has 5 nitrogen and oxygen atoms in total. The van der Waals surface area contributed by atoms with Crippen LogP contribution in [0.1, 0.15) is 6.92 Å². The quantitative estimate of drug-likeness (QED) is 0.407. The van der Waals surface area contributed by atoms with E-state index in [1.165, 1.54) is 23.9 Å². The van der Waals surface area contributed by atoms with E-state index in [1.54, 1.807) is 35.9 Å². The first-order valence-corrected chi connectivity index (χ1v) is 12.0. The summed E-state index contributed by atoms with van der Waals surface area (Å²) >= 11 is 2.92. The lowest BCUT2D eigenvalue weighted by Crippen LogP contribution is -2.29. The number of para-hydroxylation sites is 1. The molecule has 1 saturated heterocycles. The van der Waals surface area contributed by atoms with E-state index >= 15 is 0 Å². The summed E-state index contributed by atoms with van der Waals surface area (Å²) in [5.41, 5.74) is 2.36. The summed E-state index contributed by atoms with van der Waals surface area (Å²) in [6.07, 6.45) is 0. The number of hydrogen-bond acceptors (Lipinski definition) is 6. The highest BCUT2D eigenvalue weighted by Gasteiger charge is 2.40. The Balaban J connectivity index is 1.60. The highest BCUT2D eigenvalue weighted by atomic mass is 32.2. The van der Waals surface area contributed by atoms with Gasteiger partial charge in [-0.05, 0) is 79.3 Å². The predicted octanol–water partition coefficient (Wildman–Crippen LogP) is 6.40. The second-order valence-electron chi connectivity index (χ2n) is 7.26. The van der Waals surface area contributed by atoms with Crippen molar-refractivity contribution in [1.29, 1.82) is 0 Å². The van der Waals surface area contributed by atoms with Gasteiger partial charge in [0.1, 0.15) is 21.5 Å². The first-order valence-electron chi connectivity index (χ1n) is 10.4. The summed E-state index contributed by atoms with van der Waals surface area (Å²) < 4.78 is 18.8. The lowest BCUT2D eigenvalue weighted by molar-refractivity contribution is -0.113. The monoisotopic (exact) mass is 477 g/mol. The van der Waals surface area contributed by atoms with Crippen molar-refractivity contribution in [3.8, 4) is 5.75 Å². The topological polar surface area (TPSA) is 45.1 Å². The summed E-state index contributed by atoms with van der Waals surface area (Å²) in [6.45, 7) is 2.80. The average Bonchev–Trinajstić information content (AvgIpc) is 3.37. The van der Waals surface area contributed by atoms with Crippen LogP contribution in [0.3, 0.4) is 0 Å². The van der Waals surface area contributed by atoms with E-state index in [1.807, 2.05) is 36.4 Å². The molecule has 0 atom stereocenters. The van der Waals surface area contributed by atoms with Crippen LogP contribution in [0.15, 0.2) is 92.6 Å². The Hall–Kier alpha value is -3.23. The number of nitrogens with zero attached hydrogens (tertiary/aromatic N) is 3. The lowest BCUT2D eigenvalue weighted by Gasteiger charge is -2.19. The molecule has 33 heavy (non-hydrogen) atoms. The SMILES string of the molecule is CCN1/C(=C2/SC(=Nc3ccc(OC)cc3)N(c3ccc(F)cc3)C2=O)Sc2ccccc21. The predicted molar refractivity (Wildman–Crippen MR) is 134 cm³/mol. The Morgan fingerprint density at radius 2 is 1.70 bits per heavy atom. The molecule has 0 saturated carbocycles. The number of ether oxygens (including phenoxy) is 1. The number of carbonyl (C=O) groups excluding carboxylic acids is 1. The lowest BCUT2D eigenvalue weighted by atomic mass is 10.2. The zero-order chi connectivity index (χ0) is 22.9. The summed E-state index contributed by atoms with van der Waals surface area (Å²) in [7, 11) is 1.61. The van der Waals surface area contributed by atoms with Crippen molar-refractivity contribution in [1.82, 2.24) is 0 Å². The smallest absolute Gasteiger partial charge is 0.274 e. The molecule has 0 N–H and O–H groups in total. The standard InChI is InChI=1S/C25H20FN3O2S2/c1-3-28-20-6-4-5-7-21(20)32-24(28)22-23(30)29(18-12-8-16(26)9-13-18)25(33-22)27-17-10-14-19(31-2)15-11-17/h4-15H,3H2,1-2H3/b24-22-,27-25?. The molecule has 3 aromatic rings. The fraction of sp³-hybridized carbons (Fsp3) is 0.120. The number of hydrogen-bond donors (Lipinski definition) is 0. The van der Waals surface area contributed by atoms with Gasteiger partial charge in [0.25, 0.3) is 5.91 Å². The number of thioether (sulfide) groups is 2. The van der Waals surface area contributed by atoms with Gasteiger partial charge in [0.2, 0.25) is 0 Å². The fourth-order valence-electron chi connectivity index (χ4n) is 3.68. The third kappa shape index (κ3) is 4.00. The molecule has 2 aliphatic rings. The van der Waals surface area contributed by atoms with E-state index in [-0.39, 0.29) is 11.7 Å². The summed E-state index contributed by atoms with van der Waals surface area (Å²) in [5.74, 6) is 0.197. The largest absolute Gasteiger partial charge is 0.497 e. The number of anilines is 2. The van der Waals surface area contributed by atoms with Gasteiger partial charge in [-0.25, -0.2) is 9.38 Å². The maximum Gasteiger partial charge on any atom is 0.274 e. The maximum atomic E-state index is 13.7. The summed E-state index contributed by atoms with van der Waals surface area (Å²) in [5, 5.41) is 1.41. The number of rotatable bonds is 4. The molecule has 1 fully saturated rings. The number of benzene rings is 3. The molecule has 2 aliphatic heterocycles. The van der Waals surface area contributed by atoms with Gasteiger partial charge < -0.3 is 9.64 Å². The van der Waals surface area contributed by atoms with Crippen LogP contribution in [-0.2, 0) is 4.79 Å². The Morgan fingerprint density at radius 3 is 2.39 bits per heavy atom. The van der Waals surface area contributed by atoms with Crippen molar-refractivity contribution in [2.75, 3.05) is 23.5 Å². The van der Waals surface area contributed by atoms with Gasteiger partial charge in [-0.3, -0.25) is 9.69 Å². The van der Waals surface area contributed by atoms with Crippen LogP contribution < -0.4 is 14.5 Å². The minimum Gasteiger partial charge on any atom is -0.497 e. The Kier molecular flexibility index (Phi) is 5.86. The Morgan fingerprint density at radius 1 is 0.970 bits per heavy atom. The molecular formula is C25H20FN3O2S2. The van der Waals surface area contributed by atoms with E-state index in [2.05, 4.69) is 24.0 Å². The molecule has 0 spiro atoms. The van der Waals surface area contributed by atoms with Gasteiger partial charge in [0, 0.05) is 11.4 Å². The van der Waals surface area contributed by atoms with Crippen LogP contribution in [0.25, 0.3) is 0 Å². The highest BCUT2D eigenvalue weighted by molar-refractivity contribution is 8.20. The van der Waals surface area contributed by atoms with E-state index < -0.39 is 0 Å². The van der Waals surface area contributed by atoms with Crippen LogP contribution in [0.4, 0.5) is 21.5 Å². The molecule has 2 heterocycles. The fourth-order valence-corrected chi connectivity index (χ4v) is 6.07. The van der Waals surface area contributed by atoms with Gasteiger partial charge in [0.05, 0.1) is 24.2 Å². The van der Waals surface area contributed by atoms with Crippen molar-refractivity contribution in [3.05, 3.63) is 88.5 Å². The van der Waals surface area contributed by atoms with E-state index in [4.69, 9.17) is 9.73 Å².